The van der Waals surface area contributed by atoms with E-state index in [4.69, 9.17) is 0 Å². The highest BCUT2D eigenvalue weighted by Gasteiger charge is 2.45. The van der Waals surface area contributed by atoms with E-state index >= 15 is 0 Å². The lowest BCUT2D eigenvalue weighted by Crippen LogP contribution is -2.50. The number of nitrogens with one attached hydrogen (secondary N) is 2. The van der Waals surface area contributed by atoms with Crippen molar-refractivity contribution in [3.05, 3.63) is 0 Å². The first-order chi connectivity index (χ1) is 7.55. The number of halogens is 1. The standard InChI is InChI=1S/C13H24N2O.ClH/c1-9(2)13(4-5-13)8-15-12(16)10(3)11-6-14-7-11;/h9-11,14H,4-8H2,1-3H3,(H,15,16);1H. The topological polar surface area (TPSA) is 41.1 Å². The highest BCUT2D eigenvalue weighted by molar-refractivity contribution is 5.85. The van der Waals surface area contributed by atoms with Crippen molar-refractivity contribution in [2.75, 3.05) is 19.6 Å². The molecule has 1 unspecified atom stereocenters. The lowest BCUT2D eigenvalue weighted by molar-refractivity contribution is -0.127. The molecular weight excluding hydrogens is 236 g/mol. The second-order valence-corrected chi connectivity index (χ2v) is 5.94. The molecule has 0 aromatic carbocycles. The summed E-state index contributed by atoms with van der Waals surface area (Å²) in [5.74, 6) is 1.66. The van der Waals surface area contributed by atoms with Gasteiger partial charge in [0.05, 0.1) is 0 Å². The van der Waals surface area contributed by atoms with Crippen LogP contribution in [-0.4, -0.2) is 25.5 Å². The summed E-state index contributed by atoms with van der Waals surface area (Å²) >= 11 is 0. The van der Waals surface area contributed by atoms with Crippen LogP contribution in [0.25, 0.3) is 0 Å². The number of rotatable bonds is 5. The van der Waals surface area contributed by atoms with Crippen LogP contribution in [0.1, 0.15) is 33.6 Å². The highest BCUT2D eigenvalue weighted by Crippen LogP contribution is 2.51. The summed E-state index contributed by atoms with van der Waals surface area (Å²) in [5.41, 5.74) is 0.424. The van der Waals surface area contributed by atoms with Crippen molar-refractivity contribution in [1.82, 2.24) is 10.6 Å². The number of hydrogen-bond donors (Lipinski definition) is 2. The summed E-state index contributed by atoms with van der Waals surface area (Å²) in [5, 5.41) is 6.37. The highest BCUT2D eigenvalue weighted by atomic mass is 35.5. The minimum atomic E-state index is 0. The summed E-state index contributed by atoms with van der Waals surface area (Å²) in [6, 6.07) is 0. The van der Waals surface area contributed by atoms with Gasteiger partial charge >= 0.3 is 0 Å². The van der Waals surface area contributed by atoms with Crippen molar-refractivity contribution in [2.45, 2.75) is 33.6 Å². The Morgan fingerprint density at radius 2 is 1.94 bits per heavy atom. The van der Waals surface area contributed by atoms with Crippen molar-refractivity contribution >= 4 is 18.3 Å². The van der Waals surface area contributed by atoms with E-state index in [1.807, 2.05) is 0 Å². The molecular formula is C13H25ClN2O. The van der Waals surface area contributed by atoms with Gasteiger partial charge in [0, 0.05) is 12.5 Å². The van der Waals surface area contributed by atoms with E-state index in [0.717, 1.165) is 19.6 Å². The molecule has 0 aromatic heterocycles. The second-order valence-electron chi connectivity index (χ2n) is 5.94. The lowest BCUT2D eigenvalue weighted by Gasteiger charge is -2.32. The van der Waals surface area contributed by atoms with Crippen LogP contribution in [0.2, 0.25) is 0 Å². The fraction of sp³-hybridized carbons (Fsp3) is 0.923. The summed E-state index contributed by atoms with van der Waals surface area (Å²) in [6.45, 7) is 9.47. The zero-order valence-corrected chi connectivity index (χ0v) is 11.9. The van der Waals surface area contributed by atoms with Gasteiger partial charge in [0.15, 0.2) is 0 Å². The maximum atomic E-state index is 11.9. The van der Waals surface area contributed by atoms with E-state index in [-0.39, 0.29) is 24.2 Å². The van der Waals surface area contributed by atoms with E-state index < -0.39 is 0 Å². The van der Waals surface area contributed by atoms with E-state index in [9.17, 15) is 4.79 Å². The third-order valence-corrected chi connectivity index (χ3v) is 4.67. The number of amides is 1. The van der Waals surface area contributed by atoms with E-state index in [1.54, 1.807) is 0 Å². The zero-order valence-electron chi connectivity index (χ0n) is 11.1. The van der Waals surface area contributed by atoms with Gasteiger partial charge in [0.1, 0.15) is 0 Å². The Balaban J connectivity index is 0.00000144. The van der Waals surface area contributed by atoms with Gasteiger partial charge in [-0.25, -0.2) is 0 Å². The van der Waals surface area contributed by atoms with E-state index in [0.29, 0.717) is 17.3 Å². The number of carbonyl (C=O) groups excluding carboxylic acids is 1. The molecule has 17 heavy (non-hydrogen) atoms. The van der Waals surface area contributed by atoms with Gasteiger partial charge in [-0.1, -0.05) is 20.8 Å². The van der Waals surface area contributed by atoms with Crippen LogP contribution in [0.15, 0.2) is 0 Å². The first kappa shape index (κ1) is 14.8. The Kier molecular flexibility index (Phi) is 4.85. The largest absolute Gasteiger partial charge is 0.355 e. The molecule has 1 aliphatic carbocycles. The summed E-state index contributed by atoms with van der Waals surface area (Å²) < 4.78 is 0. The summed E-state index contributed by atoms with van der Waals surface area (Å²) in [6.07, 6.45) is 2.56. The predicted molar refractivity (Wildman–Crippen MR) is 72.3 cm³/mol. The minimum absolute atomic E-state index is 0. The Morgan fingerprint density at radius 3 is 2.29 bits per heavy atom. The average molecular weight is 261 g/mol. The van der Waals surface area contributed by atoms with E-state index in [2.05, 4.69) is 31.4 Å². The smallest absolute Gasteiger partial charge is 0.223 e. The monoisotopic (exact) mass is 260 g/mol. The van der Waals surface area contributed by atoms with Gasteiger partial charge < -0.3 is 10.6 Å². The van der Waals surface area contributed by atoms with Crippen molar-refractivity contribution in [3.63, 3.8) is 0 Å². The van der Waals surface area contributed by atoms with Crippen molar-refractivity contribution in [3.8, 4) is 0 Å². The summed E-state index contributed by atoms with van der Waals surface area (Å²) in [7, 11) is 0. The van der Waals surface area contributed by atoms with Crippen molar-refractivity contribution in [2.24, 2.45) is 23.2 Å². The lowest BCUT2D eigenvalue weighted by atomic mass is 9.87. The Hall–Kier alpha value is -0.280. The van der Waals surface area contributed by atoms with Crippen molar-refractivity contribution < 1.29 is 4.79 Å². The van der Waals surface area contributed by atoms with Crippen molar-refractivity contribution in [1.29, 1.82) is 0 Å². The van der Waals surface area contributed by atoms with Crippen LogP contribution in [0.4, 0.5) is 0 Å². The first-order valence-corrected chi connectivity index (χ1v) is 6.53. The maximum Gasteiger partial charge on any atom is 0.223 e. The molecule has 1 saturated carbocycles. The molecule has 0 aromatic rings. The first-order valence-electron chi connectivity index (χ1n) is 6.53. The second kappa shape index (κ2) is 5.57. The molecule has 4 heteroatoms. The van der Waals surface area contributed by atoms with E-state index in [1.165, 1.54) is 12.8 Å². The van der Waals surface area contributed by atoms with Crippen LogP contribution >= 0.6 is 12.4 Å². The Labute approximate surface area is 111 Å². The Morgan fingerprint density at radius 1 is 1.35 bits per heavy atom. The SMILES string of the molecule is CC(C(=O)NCC1(C(C)C)CC1)C1CNC1.Cl. The molecule has 0 bridgehead atoms. The number of carbonyl (C=O) groups is 1. The normalized spacial score (nSPS) is 23.5. The molecule has 2 N–H and O–H groups in total. The fourth-order valence-corrected chi connectivity index (χ4v) is 2.42. The molecule has 0 radical (unpaired) electrons. The van der Waals surface area contributed by atoms with Gasteiger partial charge in [-0.05, 0) is 43.2 Å². The predicted octanol–water partition coefficient (Wildman–Crippen LogP) is 1.82. The van der Waals surface area contributed by atoms with Gasteiger partial charge in [0.25, 0.3) is 0 Å². The average Bonchev–Trinajstić information content (AvgIpc) is 2.92. The minimum Gasteiger partial charge on any atom is -0.355 e. The van der Waals surface area contributed by atoms with Crippen LogP contribution in [0.3, 0.4) is 0 Å². The third-order valence-electron chi connectivity index (χ3n) is 4.67. The van der Waals surface area contributed by atoms with Crippen LogP contribution in [0, 0.1) is 23.2 Å². The molecule has 2 rings (SSSR count). The molecule has 1 heterocycles. The van der Waals surface area contributed by atoms with Crippen LogP contribution < -0.4 is 10.6 Å². The van der Waals surface area contributed by atoms with Gasteiger partial charge in [-0.15, -0.1) is 12.4 Å². The Bertz CT molecular complexity index is 273. The van der Waals surface area contributed by atoms with Gasteiger partial charge in [-0.2, -0.15) is 0 Å². The maximum absolute atomic E-state index is 11.9. The molecule has 1 atom stereocenters. The molecule has 3 nitrogen and oxygen atoms in total. The van der Waals surface area contributed by atoms with Gasteiger partial charge in [0.2, 0.25) is 5.91 Å². The molecule has 1 amide bonds. The van der Waals surface area contributed by atoms with Gasteiger partial charge in [-0.3, -0.25) is 4.79 Å². The molecule has 2 fully saturated rings. The number of hydrogen-bond acceptors (Lipinski definition) is 2. The zero-order chi connectivity index (χ0) is 11.8. The molecule has 0 spiro atoms. The molecule has 2 aliphatic rings. The molecule has 100 valence electrons. The van der Waals surface area contributed by atoms with Crippen LogP contribution in [-0.2, 0) is 4.79 Å². The fourth-order valence-electron chi connectivity index (χ4n) is 2.42. The van der Waals surface area contributed by atoms with Crippen LogP contribution in [0.5, 0.6) is 0 Å². The molecule has 1 saturated heterocycles. The quantitative estimate of drug-likeness (QED) is 0.792. The third kappa shape index (κ3) is 3.14. The molecule has 1 aliphatic heterocycles. The summed E-state index contributed by atoms with van der Waals surface area (Å²) in [4.78, 5) is 11.9.